The van der Waals surface area contributed by atoms with Gasteiger partial charge in [-0.1, -0.05) is 11.8 Å². The molecule has 2 aliphatic heterocycles. The third kappa shape index (κ3) is 4.24. The Kier molecular flexibility index (Phi) is 5.93. The number of hydrogen-bond acceptors (Lipinski definition) is 6. The van der Waals surface area contributed by atoms with Gasteiger partial charge >= 0.3 is 0 Å². The van der Waals surface area contributed by atoms with Crippen LogP contribution in [0, 0.1) is 0 Å². The maximum Gasteiger partial charge on any atom is 0.186 e. The zero-order chi connectivity index (χ0) is 12.6. The third-order valence-electron chi connectivity index (χ3n) is 2.64. The van der Waals surface area contributed by atoms with Crippen LogP contribution in [0.1, 0.15) is 13.3 Å². The molecule has 100 valence electrons. The number of thioether (sulfide) groups is 2. The van der Waals surface area contributed by atoms with Crippen LogP contribution < -0.4 is 0 Å². The number of rotatable bonds is 4. The van der Waals surface area contributed by atoms with Crippen LogP contribution in [0.5, 0.6) is 0 Å². The first-order chi connectivity index (χ1) is 8.90. The molecule has 0 radical (unpaired) electrons. The van der Waals surface area contributed by atoms with Gasteiger partial charge in [0.25, 0.3) is 0 Å². The van der Waals surface area contributed by atoms with E-state index in [9.17, 15) is 0 Å². The summed E-state index contributed by atoms with van der Waals surface area (Å²) in [5, 5.41) is 9.75. The van der Waals surface area contributed by atoms with Crippen LogP contribution in [0.4, 0.5) is 0 Å². The zero-order valence-electron chi connectivity index (χ0n) is 10.7. The van der Waals surface area contributed by atoms with E-state index in [4.69, 9.17) is 4.74 Å². The Bertz CT molecular complexity index is 349. The van der Waals surface area contributed by atoms with E-state index >= 15 is 0 Å². The second kappa shape index (κ2) is 7.74. The van der Waals surface area contributed by atoms with Crippen molar-refractivity contribution < 1.29 is 4.74 Å². The van der Waals surface area contributed by atoms with Gasteiger partial charge in [-0.2, -0.15) is 16.9 Å². The lowest BCUT2D eigenvalue weighted by atomic mass is 10.3. The van der Waals surface area contributed by atoms with Crippen molar-refractivity contribution in [3.63, 3.8) is 0 Å². The molecule has 2 aliphatic rings. The second-order valence-electron chi connectivity index (χ2n) is 3.97. The lowest BCUT2D eigenvalue weighted by molar-refractivity contribution is 0.268. The minimum absolute atomic E-state index is 0.715. The number of ether oxygens (including phenoxy) is 1. The highest BCUT2D eigenvalue weighted by atomic mass is 32.2. The van der Waals surface area contributed by atoms with E-state index in [0.29, 0.717) is 6.61 Å². The van der Waals surface area contributed by atoms with Crippen LogP contribution in [0.3, 0.4) is 0 Å². The van der Waals surface area contributed by atoms with Gasteiger partial charge in [0.2, 0.25) is 0 Å². The average molecular weight is 285 g/mol. The first-order valence-corrected chi connectivity index (χ1v) is 8.39. The Labute approximate surface area is 117 Å². The lowest BCUT2D eigenvalue weighted by Gasteiger charge is -2.29. The van der Waals surface area contributed by atoms with E-state index in [2.05, 4.69) is 15.1 Å². The molecule has 18 heavy (non-hydrogen) atoms. The van der Waals surface area contributed by atoms with E-state index in [1.807, 2.05) is 24.8 Å². The molecular formula is C12H19N3OS2. The van der Waals surface area contributed by atoms with Gasteiger partial charge in [0.15, 0.2) is 5.17 Å². The maximum atomic E-state index is 5.15. The molecule has 1 fully saturated rings. The lowest BCUT2D eigenvalue weighted by Crippen LogP contribution is -2.37. The molecule has 0 atom stereocenters. The first kappa shape index (κ1) is 13.8. The Balaban J connectivity index is 1.82. The standard InChI is InChI=1S/C12H19N3OS2/c1-2-16-7-3-4-11-10-18-12(14-13-11)15-5-8-17-9-6-15/h3,7H,2,4-6,8-10H2,1H3. The van der Waals surface area contributed by atoms with Gasteiger partial charge in [-0.15, -0.1) is 5.10 Å². The number of nitrogens with zero attached hydrogens (tertiary/aromatic N) is 3. The van der Waals surface area contributed by atoms with E-state index in [1.54, 1.807) is 18.0 Å². The fourth-order valence-corrected chi connectivity index (χ4v) is 3.51. The minimum atomic E-state index is 0.715. The number of amidine groups is 1. The van der Waals surface area contributed by atoms with Crippen LogP contribution in [0.15, 0.2) is 22.5 Å². The predicted octanol–water partition coefficient (Wildman–Crippen LogP) is 2.43. The van der Waals surface area contributed by atoms with Crippen molar-refractivity contribution in [2.45, 2.75) is 13.3 Å². The topological polar surface area (TPSA) is 37.2 Å². The van der Waals surface area contributed by atoms with Gasteiger partial charge in [-0.25, -0.2) is 0 Å². The van der Waals surface area contributed by atoms with Gasteiger partial charge < -0.3 is 9.64 Å². The highest BCUT2D eigenvalue weighted by Crippen LogP contribution is 2.19. The molecule has 0 aromatic rings. The van der Waals surface area contributed by atoms with Crippen LogP contribution in [0.25, 0.3) is 0 Å². The summed E-state index contributed by atoms with van der Waals surface area (Å²) in [5.74, 6) is 3.35. The van der Waals surface area contributed by atoms with Crippen molar-refractivity contribution in [2.75, 3.05) is 37.0 Å². The van der Waals surface area contributed by atoms with Crippen LogP contribution in [0.2, 0.25) is 0 Å². The van der Waals surface area contributed by atoms with E-state index < -0.39 is 0 Å². The molecule has 2 heterocycles. The van der Waals surface area contributed by atoms with E-state index in [0.717, 1.165) is 36.1 Å². The van der Waals surface area contributed by atoms with Crippen molar-refractivity contribution >= 4 is 34.4 Å². The highest BCUT2D eigenvalue weighted by Gasteiger charge is 2.18. The fourth-order valence-electron chi connectivity index (χ4n) is 1.68. The van der Waals surface area contributed by atoms with E-state index in [-0.39, 0.29) is 0 Å². The molecule has 0 saturated carbocycles. The van der Waals surface area contributed by atoms with Crippen molar-refractivity contribution in [1.82, 2.24) is 4.90 Å². The summed E-state index contributed by atoms with van der Waals surface area (Å²) in [7, 11) is 0. The first-order valence-electron chi connectivity index (χ1n) is 6.25. The molecule has 0 amide bonds. The molecule has 0 spiro atoms. The Morgan fingerprint density at radius 1 is 1.33 bits per heavy atom. The summed E-state index contributed by atoms with van der Waals surface area (Å²) in [6, 6.07) is 0. The molecule has 0 aliphatic carbocycles. The number of allylic oxidation sites excluding steroid dienone is 1. The van der Waals surface area contributed by atoms with Crippen molar-refractivity contribution in [3.05, 3.63) is 12.3 Å². The van der Waals surface area contributed by atoms with Gasteiger partial charge in [0, 0.05) is 36.8 Å². The van der Waals surface area contributed by atoms with Crippen LogP contribution >= 0.6 is 23.5 Å². The third-order valence-corrected chi connectivity index (χ3v) is 4.66. The predicted molar refractivity (Wildman–Crippen MR) is 81.6 cm³/mol. The Morgan fingerprint density at radius 2 is 2.17 bits per heavy atom. The van der Waals surface area contributed by atoms with Crippen LogP contribution in [-0.4, -0.2) is 52.7 Å². The summed E-state index contributed by atoms with van der Waals surface area (Å²) in [6.07, 6.45) is 4.58. The van der Waals surface area contributed by atoms with Crippen molar-refractivity contribution in [1.29, 1.82) is 0 Å². The smallest absolute Gasteiger partial charge is 0.186 e. The maximum absolute atomic E-state index is 5.15. The quantitative estimate of drug-likeness (QED) is 0.744. The summed E-state index contributed by atoms with van der Waals surface area (Å²) in [4.78, 5) is 2.34. The summed E-state index contributed by atoms with van der Waals surface area (Å²) in [5.41, 5.74) is 1.12. The molecule has 6 heteroatoms. The average Bonchev–Trinajstić information content (AvgIpc) is 2.45. The molecular weight excluding hydrogens is 266 g/mol. The molecule has 0 aromatic heterocycles. The van der Waals surface area contributed by atoms with Crippen molar-refractivity contribution in [3.8, 4) is 0 Å². The summed E-state index contributed by atoms with van der Waals surface area (Å²) >= 11 is 3.82. The number of hydrogen-bond donors (Lipinski definition) is 0. The molecule has 0 bridgehead atoms. The molecule has 2 rings (SSSR count). The van der Waals surface area contributed by atoms with E-state index in [1.165, 1.54) is 11.5 Å². The summed E-state index contributed by atoms with van der Waals surface area (Å²) < 4.78 is 5.15. The van der Waals surface area contributed by atoms with Gasteiger partial charge in [-0.05, 0) is 13.0 Å². The summed E-state index contributed by atoms with van der Waals surface area (Å²) in [6.45, 7) is 4.90. The molecule has 0 aromatic carbocycles. The Morgan fingerprint density at radius 3 is 2.83 bits per heavy atom. The van der Waals surface area contributed by atoms with Gasteiger partial charge in [0.05, 0.1) is 18.6 Å². The van der Waals surface area contributed by atoms with Gasteiger partial charge in [-0.3, -0.25) is 0 Å². The zero-order valence-corrected chi connectivity index (χ0v) is 12.3. The monoisotopic (exact) mass is 285 g/mol. The van der Waals surface area contributed by atoms with Crippen LogP contribution in [-0.2, 0) is 4.74 Å². The normalized spacial score (nSPS) is 20.8. The second-order valence-corrected chi connectivity index (χ2v) is 6.14. The molecule has 4 nitrogen and oxygen atoms in total. The molecule has 1 saturated heterocycles. The van der Waals surface area contributed by atoms with Gasteiger partial charge in [0.1, 0.15) is 0 Å². The Hall–Kier alpha value is -0.620. The highest BCUT2D eigenvalue weighted by molar-refractivity contribution is 8.14. The fraction of sp³-hybridized carbons (Fsp3) is 0.667. The van der Waals surface area contributed by atoms with Crippen molar-refractivity contribution in [2.24, 2.45) is 10.2 Å². The largest absolute Gasteiger partial charge is 0.502 e. The SMILES string of the molecule is CCOC=CCC1=NN=C(N2CCSCC2)SC1. The molecule has 0 unspecified atom stereocenters. The minimum Gasteiger partial charge on any atom is -0.502 e. The molecule has 0 N–H and O–H groups in total.